The molecule has 1 aromatic heterocycles. The van der Waals surface area contributed by atoms with Gasteiger partial charge in [-0.3, -0.25) is 0 Å². The lowest BCUT2D eigenvalue weighted by Crippen LogP contribution is -2.74. The zero-order chi connectivity index (χ0) is 34.9. The van der Waals surface area contributed by atoms with Crippen molar-refractivity contribution in [3.8, 4) is 34.1 Å². The van der Waals surface area contributed by atoms with Gasteiger partial charge in [0.05, 0.1) is 0 Å². The van der Waals surface area contributed by atoms with E-state index in [1.165, 1.54) is 20.7 Å². The van der Waals surface area contributed by atoms with Gasteiger partial charge in [0.1, 0.15) is 34.2 Å². The third-order valence-electron chi connectivity index (χ3n) is 11.2. The Balaban J connectivity index is 1.17. The smallest absolute Gasteiger partial charge is 0.260 e. The summed E-state index contributed by atoms with van der Waals surface area (Å²) in [7, 11) is -2.86. The molecule has 2 aliphatic rings. The van der Waals surface area contributed by atoms with E-state index < -0.39 is 8.07 Å². The molecule has 0 atom stereocenters. The normalized spacial score (nSPS) is 12.8. The van der Waals surface area contributed by atoms with Crippen molar-refractivity contribution in [2.24, 2.45) is 0 Å². The Morgan fingerprint density at radius 2 is 0.868 bits per heavy atom. The first-order valence-corrected chi connectivity index (χ1v) is 20.1. The fourth-order valence-corrected chi connectivity index (χ4v) is 13.8. The van der Waals surface area contributed by atoms with E-state index in [1.54, 1.807) is 0 Å². The molecule has 0 radical (unpaired) electrons. The Hall–Kier alpha value is -6.56. The number of ether oxygens (including phenoxy) is 2. The van der Waals surface area contributed by atoms with Crippen molar-refractivity contribution >= 4 is 73.9 Å². The molecule has 3 heterocycles. The minimum atomic E-state index is -2.86. The van der Waals surface area contributed by atoms with Crippen molar-refractivity contribution < 1.29 is 13.9 Å². The monoisotopic (exact) mass is 694 g/mol. The van der Waals surface area contributed by atoms with Crippen LogP contribution in [-0.2, 0) is 0 Å². The summed E-state index contributed by atoms with van der Waals surface area (Å²) in [6, 6.07) is 67.2. The van der Waals surface area contributed by atoms with E-state index in [0.717, 1.165) is 72.5 Å². The number of benzene rings is 8. The number of fused-ring (bicyclic) bond motifs is 7. The first kappa shape index (κ1) is 30.1. The summed E-state index contributed by atoms with van der Waals surface area (Å²) < 4.78 is 20.6. The minimum absolute atomic E-state index is 0.0283. The van der Waals surface area contributed by atoms with E-state index in [4.69, 9.17) is 13.9 Å². The van der Waals surface area contributed by atoms with Gasteiger partial charge in [-0.15, -0.1) is 0 Å². The van der Waals surface area contributed by atoms with Crippen molar-refractivity contribution in [1.29, 1.82) is 0 Å². The summed E-state index contributed by atoms with van der Waals surface area (Å²) in [5, 5.41) is 7.34. The van der Waals surface area contributed by atoms with Crippen LogP contribution in [0.2, 0.25) is 0 Å². The number of rotatable bonds is 5. The summed E-state index contributed by atoms with van der Waals surface area (Å²) in [5.41, 5.74) is 7.13. The molecule has 0 bridgehead atoms. The highest BCUT2D eigenvalue weighted by Gasteiger charge is 2.44. The molecule has 9 aromatic rings. The minimum Gasteiger partial charge on any atom is -0.458 e. The molecule has 0 amide bonds. The Kier molecular flexibility index (Phi) is 6.67. The second kappa shape index (κ2) is 11.7. The van der Waals surface area contributed by atoms with Crippen molar-refractivity contribution in [2.75, 3.05) is 0 Å². The fraction of sp³-hybridized carbons (Fsp3) is 0. The van der Waals surface area contributed by atoms with Crippen molar-refractivity contribution in [2.45, 2.75) is 0 Å². The zero-order valence-corrected chi connectivity index (χ0v) is 29.7. The zero-order valence-electron chi connectivity index (χ0n) is 28.7. The third-order valence-corrected chi connectivity index (χ3v) is 16.0. The van der Waals surface area contributed by atoms with Crippen LogP contribution in [0.25, 0.3) is 33.1 Å². The van der Waals surface area contributed by atoms with E-state index in [-0.39, 0.29) is 6.71 Å². The molecule has 0 fully saturated rings. The Labute approximate surface area is 308 Å². The molecule has 0 spiro atoms. The molecule has 248 valence electrons. The van der Waals surface area contributed by atoms with Gasteiger partial charge < -0.3 is 13.9 Å². The highest BCUT2D eigenvalue weighted by Crippen LogP contribution is 2.41. The van der Waals surface area contributed by atoms with Crippen LogP contribution in [0.15, 0.2) is 192 Å². The van der Waals surface area contributed by atoms with Gasteiger partial charge in [-0.05, 0) is 61.5 Å². The van der Waals surface area contributed by atoms with Crippen LogP contribution in [0.1, 0.15) is 0 Å². The van der Waals surface area contributed by atoms with Crippen LogP contribution in [0.5, 0.6) is 23.0 Å². The maximum absolute atomic E-state index is 7.26. The van der Waals surface area contributed by atoms with Crippen LogP contribution >= 0.6 is 0 Å². The van der Waals surface area contributed by atoms with Crippen molar-refractivity contribution in [3.63, 3.8) is 0 Å². The van der Waals surface area contributed by atoms with Gasteiger partial charge in [0.15, 0.2) is 8.07 Å². The van der Waals surface area contributed by atoms with Gasteiger partial charge in [-0.2, -0.15) is 0 Å². The second-order valence-corrected chi connectivity index (χ2v) is 17.7. The fourth-order valence-electron chi connectivity index (χ4n) is 8.92. The molecular formula is C48H31BO3Si. The van der Waals surface area contributed by atoms with Crippen LogP contribution < -0.4 is 46.6 Å². The molecular weight excluding hydrogens is 663 g/mol. The van der Waals surface area contributed by atoms with Crippen molar-refractivity contribution in [3.05, 3.63) is 188 Å². The lowest BCUT2D eigenvalue weighted by atomic mass is 9.35. The van der Waals surface area contributed by atoms with Gasteiger partial charge >= 0.3 is 0 Å². The topological polar surface area (TPSA) is 31.6 Å². The highest BCUT2D eigenvalue weighted by atomic mass is 28.3. The number of furan rings is 1. The van der Waals surface area contributed by atoms with Gasteiger partial charge in [0, 0.05) is 21.8 Å². The summed E-state index contributed by atoms with van der Waals surface area (Å²) in [6.07, 6.45) is 0. The van der Waals surface area contributed by atoms with E-state index in [9.17, 15) is 0 Å². The summed E-state index contributed by atoms with van der Waals surface area (Å²) in [4.78, 5) is 0. The van der Waals surface area contributed by atoms with Gasteiger partial charge in [-0.1, -0.05) is 164 Å². The van der Waals surface area contributed by atoms with Crippen LogP contribution in [0.4, 0.5) is 0 Å². The summed E-state index contributed by atoms with van der Waals surface area (Å²) in [5.74, 6) is 3.38. The molecule has 11 rings (SSSR count). The van der Waals surface area contributed by atoms with E-state index in [0.29, 0.717) is 0 Å². The molecule has 0 saturated carbocycles. The van der Waals surface area contributed by atoms with Gasteiger partial charge in [-0.25, -0.2) is 0 Å². The van der Waals surface area contributed by atoms with E-state index in [1.807, 2.05) is 12.1 Å². The number of hydrogen-bond acceptors (Lipinski definition) is 3. The number of para-hydroxylation sites is 4. The van der Waals surface area contributed by atoms with E-state index >= 15 is 0 Å². The highest BCUT2D eigenvalue weighted by molar-refractivity contribution is 7.20. The largest absolute Gasteiger partial charge is 0.458 e. The molecule has 0 aliphatic carbocycles. The van der Waals surface area contributed by atoms with Crippen LogP contribution in [-0.4, -0.2) is 14.8 Å². The summed E-state index contributed by atoms with van der Waals surface area (Å²) >= 11 is 0. The summed E-state index contributed by atoms with van der Waals surface area (Å²) in [6.45, 7) is 0.0283. The predicted molar refractivity (Wildman–Crippen MR) is 220 cm³/mol. The molecule has 2 aliphatic heterocycles. The van der Waals surface area contributed by atoms with Crippen LogP contribution in [0.3, 0.4) is 0 Å². The molecule has 0 unspecified atom stereocenters. The Morgan fingerprint density at radius 1 is 0.396 bits per heavy atom. The standard InChI is InChI=1S/C48H31BO3Si/c1-4-16-33(17-5-1)53(34-18-6-2-7-19-34,35-20-8-3-9-21-35)45-29-15-24-38-37-23-14-22-36(47(37)52-48(38)45)32-30-43-46-44(31-32)51-42-28-13-11-26-40(42)49(46)39-25-10-12-27-41(39)50-43/h1-31H. The quantitative estimate of drug-likeness (QED) is 0.140. The molecule has 0 saturated heterocycles. The number of hydrogen-bond donors (Lipinski definition) is 0. The average Bonchev–Trinajstić information content (AvgIpc) is 3.62. The molecule has 8 aromatic carbocycles. The first-order chi connectivity index (χ1) is 26.3. The lowest BCUT2D eigenvalue weighted by molar-refractivity contribution is 0.465. The van der Waals surface area contributed by atoms with E-state index in [2.05, 4.69) is 176 Å². The lowest BCUT2D eigenvalue weighted by Gasteiger charge is -2.34. The molecule has 0 N–H and O–H groups in total. The maximum atomic E-state index is 7.26. The average molecular weight is 695 g/mol. The molecule has 5 heteroatoms. The Morgan fingerprint density at radius 3 is 1.42 bits per heavy atom. The Bertz CT molecular complexity index is 2680. The SMILES string of the molecule is c1ccc([Si](c2ccccc2)(c2ccccc2)c2cccc3c2oc2c(-c4cc5c6c(c4)Oc4ccccc4B6c4ccccc4O5)cccc23)cc1. The van der Waals surface area contributed by atoms with Gasteiger partial charge in [0.2, 0.25) is 0 Å². The molecule has 53 heavy (non-hydrogen) atoms. The third kappa shape index (κ3) is 4.41. The maximum Gasteiger partial charge on any atom is 0.260 e. The second-order valence-electron chi connectivity index (χ2n) is 13.9. The van der Waals surface area contributed by atoms with Crippen molar-refractivity contribution in [1.82, 2.24) is 0 Å². The van der Waals surface area contributed by atoms with Gasteiger partial charge in [0.25, 0.3) is 6.71 Å². The predicted octanol–water partition coefficient (Wildman–Crippen LogP) is 7.36. The first-order valence-electron chi connectivity index (χ1n) is 18.1. The van der Waals surface area contributed by atoms with Crippen LogP contribution in [0, 0.1) is 0 Å². The molecule has 3 nitrogen and oxygen atoms in total.